The van der Waals surface area contributed by atoms with Crippen LogP contribution >= 0.6 is 11.6 Å². The Kier molecular flexibility index (Phi) is 4.66. The lowest BCUT2D eigenvalue weighted by atomic mass is 9.93. The molecular formula is C23H24ClN3O4. The van der Waals surface area contributed by atoms with E-state index in [0.717, 1.165) is 0 Å². The number of benzene rings is 1. The molecule has 0 aliphatic carbocycles. The number of carbonyl (C=O) groups is 1. The molecule has 3 aromatic rings. The third kappa shape index (κ3) is 3.15. The summed E-state index contributed by atoms with van der Waals surface area (Å²) >= 11 is 6.41. The molecule has 7 nitrogen and oxygen atoms in total. The molecule has 4 rings (SSSR count). The van der Waals surface area contributed by atoms with E-state index >= 15 is 0 Å². The SMILES string of the molecule is [2H][C@](CC)(Nc1c(Nc2ccc(Cl)c3c2C(=O)N(C)C3(C)C)c(=O)c1=O)c1ccc(C)o1. The van der Waals surface area contributed by atoms with Crippen LogP contribution in [0.2, 0.25) is 5.02 Å². The number of amides is 1. The maximum absolute atomic E-state index is 13.0. The van der Waals surface area contributed by atoms with Crippen LogP contribution in [0.15, 0.2) is 38.3 Å². The fraction of sp³-hybridized carbons (Fsp3) is 0.348. The van der Waals surface area contributed by atoms with E-state index in [1.54, 1.807) is 50.1 Å². The van der Waals surface area contributed by atoms with E-state index in [0.29, 0.717) is 33.4 Å². The maximum atomic E-state index is 13.0. The number of fused-ring (bicyclic) bond motifs is 1. The second kappa shape index (κ2) is 7.27. The summed E-state index contributed by atoms with van der Waals surface area (Å²) in [6, 6.07) is 5.23. The average Bonchev–Trinajstić information content (AvgIpc) is 3.28. The van der Waals surface area contributed by atoms with E-state index in [4.69, 9.17) is 17.4 Å². The number of anilines is 3. The van der Waals surface area contributed by atoms with E-state index in [1.165, 1.54) is 0 Å². The molecule has 1 aliphatic rings. The Hall–Kier alpha value is -3.06. The number of nitrogens with zero attached hydrogens (tertiary/aromatic N) is 1. The summed E-state index contributed by atoms with van der Waals surface area (Å²) < 4.78 is 14.4. The molecule has 0 fully saturated rings. The van der Waals surface area contributed by atoms with Gasteiger partial charge in [0.25, 0.3) is 16.8 Å². The lowest BCUT2D eigenvalue weighted by molar-refractivity contribution is 0.0692. The van der Waals surface area contributed by atoms with Crippen molar-refractivity contribution in [2.75, 3.05) is 17.7 Å². The highest BCUT2D eigenvalue weighted by molar-refractivity contribution is 6.32. The van der Waals surface area contributed by atoms with E-state index in [2.05, 4.69) is 10.6 Å². The summed E-state index contributed by atoms with van der Waals surface area (Å²) in [5.41, 5.74) is -0.694. The van der Waals surface area contributed by atoms with E-state index in [9.17, 15) is 14.4 Å². The van der Waals surface area contributed by atoms with Crippen molar-refractivity contribution < 1.29 is 10.6 Å². The zero-order chi connectivity index (χ0) is 23.6. The van der Waals surface area contributed by atoms with Crippen molar-refractivity contribution in [2.45, 2.75) is 45.7 Å². The van der Waals surface area contributed by atoms with Crippen LogP contribution in [0.5, 0.6) is 0 Å². The molecule has 1 atom stereocenters. The van der Waals surface area contributed by atoms with Gasteiger partial charge in [0.05, 0.1) is 24.2 Å². The van der Waals surface area contributed by atoms with Gasteiger partial charge in [0.15, 0.2) is 0 Å². The third-order valence-electron chi connectivity index (χ3n) is 5.96. The Morgan fingerprint density at radius 1 is 1.16 bits per heavy atom. The van der Waals surface area contributed by atoms with Gasteiger partial charge in [-0.3, -0.25) is 14.4 Å². The number of furan rings is 1. The fourth-order valence-corrected chi connectivity index (χ4v) is 4.32. The van der Waals surface area contributed by atoms with E-state index in [1.807, 2.05) is 13.8 Å². The molecule has 0 radical (unpaired) electrons. The minimum atomic E-state index is -1.44. The molecule has 2 aromatic carbocycles. The van der Waals surface area contributed by atoms with Crippen LogP contribution in [0.1, 0.15) is 62.0 Å². The number of aryl methyl sites for hydroxylation is 1. The minimum absolute atomic E-state index is 0.00744. The molecule has 162 valence electrons. The molecule has 0 saturated heterocycles. The first-order chi connectivity index (χ1) is 14.9. The predicted octanol–water partition coefficient (Wildman–Crippen LogP) is 4.46. The van der Waals surface area contributed by atoms with E-state index < -0.39 is 22.4 Å². The molecule has 1 aliphatic heterocycles. The molecule has 1 aromatic heterocycles. The molecule has 2 heterocycles. The van der Waals surface area contributed by atoms with Crippen molar-refractivity contribution in [3.05, 3.63) is 72.4 Å². The monoisotopic (exact) mass is 442 g/mol. The first kappa shape index (κ1) is 19.9. The minimum Gasteiger partial charge on any atom is -0.464 e. The second-order valence-corrected chi connectivity index (χ2v) is 8.58. The van der Waals surface area contributed by atoms with Crippen molar-refractivity contribution in [3.63, 3.8) is 0 Å². The van der Waals surface area contributed by atoms with Gasteiger partial charge in [-0.1, -0.05) is 18.5 Å². The molecule has 0 spiro atoms. The van der Waals surface area contributed by atoms with Gasteiger partial charge in [0, 0.05) is 17.6 Å². The van der Waals surface area contributed by atoms with Crippen molar-refractivity contribution in [2.24, 2.45) is 0 Å². The molecule has 0 saturated carbocycles. The highest BCUT2D eigenvalue weighted by Crippen LogP contribution is 2.45. The number of halogens is 1. The summed E-state index contributed by atoms with van der Waals surface area (Å²) in [6.45, 7) is 7.31. The topological polar surface area (TPSA) is 91.6 Å². The summed E-state index contributed by atoms with van der Waals surface area (Å²) in [5, 5.41) is 6.27. The Morgan fingerprint density at radius 2 is 1.84 bits per heavy atom. The van der Waals surface area contributed by atoms with Crippen LogP contribution in [0, 0.1) is 6.92 Å². The summed E-state index contributed by atoms with van der Waals surface area (Å²) in [5.74, 6) is 0.734. The third-order valence-corrected chi connectivity index (χ3v) is 6.28. The highest BCUT2D eigenvalue weighted by atomic mass is 35.5. The van der Waals surface area contributed by atoms with Crippen molar-refractivity contribution in [1.29, 1.82) is 0 Å². The first-order valence-electron chi connectivity index (χ1n) is 10.5. The average molecular weight is 443 g/mol. The standard InChI is InChI=1S/C23H24ClN3O4/c1-6-13(15-10-7-11(2)31-15)25-18-19(21(29)20(18)28)26-14-9-8-12(24)17-16(14)22(30)27(5)23(17,3)4/h7-10,13,25-26H,6H2,1-5H3/t13-/m1/s1/i13D. The summed E-state index contributed by atoms with van der Waals surface area (Å²) in [7, 11) is 1.69. The molecule has 0 bridgehead atoms. The zero-order valence-electron chi connectivity index (χ0n) is 19.0. The quantitative estimate of drug-likeness (QED) is 0.547. The maximum Gasteiger partial charge on any atom is 0.256 e. The Bertz CT molecular complexity index is 1320. The van der Waals surface area contributed by atoms with Crippen LogP contribution in [0.4, 0.5) is 17.1 Å². The smallest absolute Gasteiger partial charge is 0.256 e. The normalized spacial score (nSPS) is 17.4. The number of nitrogens with one attached hydrogen (secondary N) is 2. The molecular weight excluding hydrogens is 418 g/mol. The van der Waals surface area contributed by atoms with Gasteiger partial charge >= 0.3 is 0 Å². The van der Waals surface area contributed by atoms with Gasteiger partial charge in [-0.25, -0.2) is 0 Å². The molecule has 1 amide bonds. The van der Waals surface area contributed by atoms with Gasteiger partial charge in [0.1, 0.15) is 22.9 Å². The Labute approximate surface area is 186 Å². The fourth-order valence-electron chi connectivity index (χ4n) is 3.93. The molecule has 0 unspecified atom stereocenters. The van der Waals surface area contributed by atoms with Crippen molar-refractivity contribution in [3.8, 4) is 0 Å². The molecule has 8 heteroatoms. The summed E-state index contributed by atoms with van der Waals surface area (Å²) in [4.78, 5) is 39.3. The predicted molar refractivity (Wildman–Crippen MR) is 121 cm³/mol. The first-order valence-corrected chi connectivity index (χ1v) is 10.4. The zero-order valence-corrected chi connectivity index (χ0v) is 18.7. The van der Waals surface area contributed by atoms with Crippen LogP contribution < -0.4 is 21.5 Å². The van der Waals surface area contributed by atoms with Gasteiger partial charge in [-0.05, 0) is 51.5 Å². The number of hydrogen-bond acceptors (Lipinski definition) is 6. The van der Waals surface area contributed by atoms with Gasteiger partial charge in [-0.2, -0.15) is 0 Å². The Balaban J connectivity index is 1.75. The van der Waals surface area contributed by atoms with Gasteiger partial charge in [-0.15, -0.1) is 0 Å². The van der Waals surface area contributed by atoms with Crippen molar-refractivity contribution in [1.82, 2.24) is 4.90 Å². The van der Waals surface area contributed by atoms with Crippen LogP contribution in [0.3, 0.4) is 0 Å². The van der Waals surface area contributed by atoms with E-state index in [-0.39, 0.29) is 23.7 Å². The lowest BCUT2D eigenvalue weighted by Crippen LogP contribution is -2.37. The van der Waals surface area contributed by atoms with Crippen LogP contribution in [-0.4, -0.2) is 17.9 Å². The Morgan fingerprint density at radius 3 is 2.45 bits per heavy atom. The van der Waals surface area contributed by atoms with Crippen LogP contribution in [0.25, 0.3) is 0 Å². The number of hydrogen-bond donors (Lipinski definition) is 2. The molecule has 31 heavy (non-hydrogen) atoms. The largest absolute Gasteiger partial charge is 0.464 e. The van der Waals surface area contributed by atoms with Gasteiger partial charge in [0.2, 0.25) is 0 Å². The van der Waals surface area contributed by atoms with Gasteiger partial charge < -0.3 is 20.0 Å². The van der Waals surface area contributed by atoms with Crippen molar-refractivity contribution >= 4 is 34.6 Å². The highest BCUT2D eigenvalue weighted by Gasteiger charge is 2.44. The second-order valence-electron chi connectivity index (χ2n) is 8.17. The number of rotatable bonds is 6. The number of carbonyl (C=O) groups excluding carboxylic acids is 1. The lowest BCUT2D eigenvalue weighted by Gasteiger charge is -2.29. The summed E-state index contributed by atoms with van der Waals surface area (Å²) in [6.07, 6.45) is 0.284. The molecule has 2 N–H and O–H groups in total. The van der Waals surface area contributed by atoms with Crippen LogP contribution in [-0.2, 0) is 5.54 Å².